The van der Waals surface area contributed by atoms with Gasteiger partial charge in [0, 0.05) is 6.20 Å². The van der Waals surface area contributed by atoms with Crippen molar-refractivity contribution in [2.75, 3.05) is 17.7 Å². The molecule has 0 aliphatic rings. The van der Waals surface area contributed by atoms with Gasteiger partial charge >= 0.3 is 0 Å². The largest absolute Gasteiger partial charge is 0.476 e. The number of aromatic nitrogens is 3. The number of hydrogen-bond acceptors (Lipinski definition) is 6. The Morgan fingerprint density at radius 1 is 1.30 bits per heavy atom. The molecule has 106 valence electrons. The molecular weight excluding hydrogens is 254 g/mol. The molecule has 0 aliphatic heterocycles. The summed E-state index contributed by atoms with van der Waals surface area (Å²) in [6.07, 6.45) is 4.10. The van der Waals surface area contributed by atoms with Crippen LogP contribution in [0.1, 0.15) is 32.0 Å². The van der Waals surface area contributed by atoms with Gasteiger partial charge in [0.1, 0.15) is 12.0 Å². The molecule has 0 amide bonds. The van der Waals surface area contributed by atoms with Gasteiger partial charge in [0.15, 0.2) is 5.82 Å². The first kappa shape index (κ1) is 14.0. The van der Waals surface area contributed by atoms with E-state index in [2.05, 4.69) is 20.3 Å². The van der Waals surface area contributed by atoms with Gasteiger partial charge in [-0.25, -0.2) is 4.98 Å². The van der Waals surface area contributed by atoms with Gasteiger partial charge in [-0.15, -0.1) is 0 Å². The Labute approximate surface area is 118 Å². The first-order valence-electron chi connectivity index (χ1n) is 6.63. The van der Waals surface area contributed by atoms with E-state index in [1.54, 1.807) is 6.20 Å². The van der Waals surface area contributed by atoms with Crippen molar-refractivity contribution in [2.24, 2.45) is 0 Å². The van der Waals surface area contributed by atoms with E-state index in [9.17, 15) is 0 Å². The Kier molecular flexibility index (Phi) is 4.70. The summed E-state index contributed by atoms with van der Waals surface area (Å²) in [6.45, 7) is 4.60. The Balaban J connectivity index is 2.13. The van der Waals surface area contributed by atoms with Gasteiger partial charge in [0.2, 0.25) is 5.88 Å². The highest BCUT2D eigenvalue weighted by molar-refractivity contribution is 5.66. The lowest BCUT2D eigenvalue weighted by atomic mass is 10.2. The molecule has 0 aromatic carbocycles. The highest BCUT2D eigenvalue weighted by Crippen LogP contribution is 2.27. The summed E-state index contributed by atoms with van der Waals surface area (Å²) < 4.78 is 5.48. The summed E-state index contributed by atoms with van der Waals surface area (Å²) in [7, 11) is 0. The van der Waals surface area contributed by atoms with Gasteiger partial charge in [-0.05, 0) is 25.5 Å². The molecule has 0 fully saturated rings. The maximum atomic E-state index is 6.02. The molecule has 0 saturated heterocycles. The number of nitrogen functional groups attached to an aromatic ring is 1. The molecule has 0 spiro atoms. The van der Waals surface area contributed by atoms with E-state index in [1.807, 2.05) is 32.0 Å². The van der Waals surface area contributed by atoms with Gasteiger partial charge in [-0.1, -0.05) is 13.0 Å². The summed E-state index contributed by atoms with van der Waals surface area (Å²) in [5.41, 5.74) is 7.36. The van der Waals surface area contributed by atoms with Gasteiger partial charge < -0.3 is 15.8 Å². The quantitative estimate of drug-likeness (QED) is 0.840. The maximum absolute atomic E-state index is 6.02. The molecular formula is C14H19N5O. The number of ether oxygens (including phenoxy) is 1. The normalized spacial score (nSPS) is 11.9. The zero-order valence-corrected chi connectivity index (χ0v) is 11.7. The van der Waals surface area contributed by atoms with E-state index < -0.39 is 0 Å². The van der Waals surface area contributed by atoms with Crippen molar-refractivity contribution in [1.29, 1.82) is 0 Å². The minimum absolute atomic E-state index is 0.00701. The van der Waals surface area contributed by atoms with Crippen molar-refractivity contribution in [1.82, 2.24) is 15.0 Å². The summed E-state index contributed by atoms with van der Waals surface area (Å²) in [5, 5.41) is 3.22. The molecule has 0 radical (unpaired) electrons. The molecule has 1 unspecified atom stereocenters. The van der Waals surface area contributed by atoms with Gasteiger partial charge in [0.25, 0.3) is 0 Å². The molecule has 6 nitrogen and oxygen atoms in total. The van der Waals surface area contributed by atoms with Crippen molar-refractivity contribution >= 4 is 11.5 Å². The van der Waals surface area contributed by atoms with Crippen LogP contribution in [0.4, 0.5) is 11.5 Å². The highest BCUT2D eigenvalue weighted by Gasteiger charge is 2.13. The number of nitrogens with two attached hydrogens (primary N) is 1. The number of nitrogens with one attached hydrogen (secondary N) is 1. The highest BCUT2D eigenvalue weighted by atomic mass is 16.5. The van der Waals surface area contributed by atoms with Crippen LogP contribution in [-0.4, -0.2) is 21.6 Å². The van der Waals surface area contributed by atoms with Crippen LogP contribution in [0.15, 0.2) is 30.7 Å². The number of pyridine rings is 1. The third-order valence-electron chi connectivity index (χ3n) is 2.77. The van der Waals surface area contributed by atoms with Crippen LogP contribution in [0.2, 0.25) is 0 Å². The van der Waals surface area contributed by atoms with Crippen LogP contribution in [0.3, 0.4) is 0 Å². The van der Waals surface area contributed by atoms with Crippen LogP contribution in [0, 0.1) is 0 Å². The monoisotopic (exact) mass is 273 g/mol. The van der Waals surface area contributed by atoms with Gasteiger partial charge in [-0.2, -0.15) is 4.98 Å². The molecule has 2 aromatic heterocycles. The first-order valence-corrected chi connectivity index (χ1v) is 6.63. The zero-order chi connectivity index (χ0) is 14.4. The van der Waals surface area contributed by atoms with Crippen molar-refractivity contribution in [3.8, 4) is 5.88 Å². The summed E-state index contributed by atoms with van der Waals surface area (Å²) in [6, 6.07) is 5.77. The average Bonchev–Trinajstić information content (AvgIpc) is 2.49. The van der Waals surface area contributed by atoms with E-state index in [4.69, 9.17) is 10.5 Å². The second-order valence-electron chi connectivity index (χ2n) is 4.41. The van der Waals surface area contributed by atoms with Gasteiger partial charge in [-0.3, -0.25) is 4.98 Å². The maximum Gasteiger partial charge on any atom is 0.242 e. The molecule has 3 N–H and O–H groups in total. The molecule has 0 bridgehead atoms. The third kappa shape index (κ3) is 3.34. The van der Waals surface area contributed by atoms with E-state index in [1.165, 1.54) is 6.33 Å². The van der Waals surface area contributed by atoms with Crippen LogP contribution in [-0.2, 0) is 0 Å². The third-order valence-corrected chi connectivity index (χ3v) is 2.77. The van der Waals surface area contributed by atoms with Crippen molar-refractivity contribution in [3.63, 3.8) is 0 Å². The number of anilines is 2. The number of nitrogens with zero attached hydrogens (tertiary/aromatic N) is 3. The lowest BCUT2D eigenvalue weighted by Gasteiger charge is -2.16. The van der Waals surface area contributed by atoms with Gasteiger partial charge in [0.05, 0.1) is 18.3 Å². The minimum Gasteiger partial charge on any atom is -0.476 e. The SMILES string of the molecule is CCCOc1ncnc(NC(C)c2ccccn2)c1N. The molecule has 2 heterocycles. The van der Waals surface area contributed by atoms with Crippen molar-refractivity contribution in [2.45, 2.75) is 26.3 Å². The summed E-state index contributed by atoms with van der Waals surface area (Å²) >= 11 is 0. The fourth-order valence-corrected chi connectivity index (χ4v) is 1.72. The Morgan fingerprint density at radius 2 is 2.15 bits per heavy atom. The fourth-order valence-electron chi connectivity index (χ4n) is 1.72. The van der Waals surface area contributed by atoms with Crippen LogP contribution < -0.4 is 15.8 Å². The lowest BCUT2D eigenvalue weighted by Crippen LogP contribution is -2.12. The van der Waals surface area contributed by atoms with Crippen LogP contribution in [0.5, 0.6) is 5.88 Å². The average molecular weight is 273 g/mol. The van der Waals surface area contributed by atoms with Crippen molar-refractivity contribution < 1.29 is 4.74 Å². The minimum atomic E-state index is -0.00701. The molecule has 2 aromatic rings. The number of rotatable bonds is 6. The summed E-state index contributed by atoms with van der Waals surface area (Å²) in [5.74, 6) is 0.974. The predicted octanol–water partition coefficient (Wildman–Crippen LogP) is 2.42. The van der Waals surface area contributed by atoms with Crippen LogP contribution in [0.25, 0.3) is 0 Å². The summed E-state index contributed by atoms with van der Waals surface area (Å²) in [4.78, 5) is 12.5. The Bertz CT molecular complexity index is 547. The molecule has 6 heteroatoms. The molecule has 0 aliphatic carbocycles. The van der Waals surface area contributed by atoms with E-state index >= 15 is 0 Å². The molecule has 2 rings (SSSR count). The number of hydrogen-bond donors (Lipinski definition) is 2. The standard InChI is InChI=1S/C14H19N5O/c1-3-8-20-14-12(15)13(17-9-18-14)19-10(2)11-6-4-5-7-16-11/h4-7,9-10H,3,8,15H2,1-2H3,(H,17,18,19). The van der Waals surface area contributed by atoms with E-state index in [0.29, 0.717) is 24.0 Å². The smallest absolute Gasteiger partial charge is 0.242 e. The topological polar surface area (TPSA) is 86.0 Å². The molecule has 1 atom stereocenters. The zero-order valence-electron chi connectivity index (χ0n) is 11.7. The molecule has 0 saturated carbocycles. The second kappa shape index (κ2) is 6.70. The Morgan fingerprint density at radius 3 is 2.85 bits per heavy atom. The Hall–Kier alpha value is -2.37. The molecule has 20 heavy (non-hydrogen) atoms. The predicted molar refractivity (Wildman–Crippen MR) is 78.5 cm³/mol. The fraction of sp³-hybridized carbons (Fsp3) is 0.357. The van der Waals surface area contributed by atoms with E-state index in [-0.39, 0.29) is 6.04 Å². The van der Waals surface area contributed by atoms with E-state index in [0.717, 1.165) is 12.1 Å². The van der Waals surface area contributed by atoms with Crippen LogP contribution >= 0.6 is 0 Å². The first-order chi connectivity index (χ1) is 9.72. The van der Waals surface area contributed by atoms with Crippen molar-refractivity contribution in [3.05, 3.63) is 36.4 Å². The lowest BCUT2D eigenvalue weighted by molar-refractivity contribution is 0.306. The second-order valence-corrected chi connectivity index (χ2v) is 4.41.